The number of hydrogen-bond acceptors (Lipinski definition) is 1. The number of aliphatic carboxylic acids is 1. The fourth-order valence-corrected chi connectivity index (χ4v) is 2.34. The van der Waals surface area contributed by atoms with Gasteiger partial charge in [0, 0.05) is 6.42 Å². The molecule has 1 aliphatic rings. The van der Waals surface area contributed by atoms with Crippen molar-refractivity contribution in [3.8, 4) is 0 Å². The van der Waals surface area contributed by atoms with Gasteiger partial charge in [0.25, 0.3) is 0 Å². The van der Waals surface area contributed by atoms with Gasteiger partial charge >= 0.3 is 11.9 Å². The van der Waals surface area contributed by atoms with Crippen LogP contribution in [0.5, 0.6) is 0 Å². The van der Waals surface area contributed by atoms with Gasteiger partial charge in [-0.15, -0.1) is 0 Å². The van der Waals surface area contributed by atoms with Gasteiger partial charge in [-0.25, -0.2) is 4.79 Å². The molecule has 17 heavy (non-hydrogen) atoms. The second kappa shape index (κ2) is 4.43. The highest BCUT2D eigenvalue weighted by Gasteiger charge is 2.39. The summed E-state index contributed by atoms with van der Waals surface area (Å²) >= 11 is 0. The van der Waals surface area contributed by atoms with Gasteiger partial charge in [-0.05, 0) is 42.4 Å². The average Bonchev–Trinajstić information content (AvgIpc) is 2.29. The third-order valence-corrected chi connectivity index (χ3v) is 3.22. The molecule has 1 aromatic carbocycles. The quantitative estimate of drug-likeness (QED) is 0.882. The lowest BCUT2D eigenvalue weighted by Gasteiger charge is -2.21. The van der Waals surface area contributed by atoms with E-state index in [0.717, 1.165) is 36.8 Å². The Balaban J connectivity index is 2.30. The van der Waals surface area contributed by atoms with Crippen molar-refractivity contribution in [3.63, 3.8) is 0 Å². The molecular formula is C13H14F2O2. The van der Waals surface area contributed by atoms with Gasteiger partial charge < -0.3 is 5.11 Å². The normalized spacial score (nSPS) is 15.4. The number of carboxylic acid groups (broad SMARTS) is 1. The third-order valence-electron chi connectivity index (χ3n) is 3.22. The van der Waals surface area contributed by atoms with Crippen LogP contribution in [0.1, 0.15) is 29.5 Å². The molecule has 0 spiro atoms. The van der Waals surface area contributed by atoms with Crippen molar-refractivity contribution in [2.75, 3.05) is 0 Å². The van der Waals surface area contributed by atoms with E-state index in [9.17, 15) is 13.6 Å². The number of alkyl halides is 2. The molecule has 0 saturated carbocycles. The molecule has 0 saturated heterocycles. The minimum Gasteiger partial charge on any atom is -0.477 e. The lowest BCUT2D eigenvalue weighted by molar-refractivity contribution is -0.164. The Hall–Kier alpha value is -1.45. The standard InChI is InChI=1S/C13H14F2O2/c14-13(15,12(16)17)8-10-6-3-5-9-4-1-2-7-11(9)10/h3,5-6H,1-2,4,7-8H2,(H,16,17). The maximum absolute atomic E-state index is 13.2. The first kappa shape index (κ1) is 12.0. The highest BCUT2D eigenvalue weighted by Crippen LogP contribution is 2.29. The molecule has 0 atom stereocenters. The van der Waals surface area contributed by atoms with Gasteiger partial charge in [0.2, 0.25) is 0 Å². The van der Waals surface area contributed by atoms with E-state index in [1.807, 2.05) is 6.07 Å². The van der Waals surface area contributed by atoms with Crippen LogP contribution in [0.4, 0.5) is 8.78 Å². The summed E-state index contributed by atoms with van der Waals surface area (Å²) in [5.41, 5.74) is 2.50. The SMILES string of the molecule is O=C(O)C(F)(F)Cc1cccc2c1CCCC2. The van der Waals surface area contributed by atoms with E-state index in [2.05, 4.69) is 0 Å². The molecule has 2 rings (SSSR count). The number of halogens is 2. The van der Waals surface area contributed by atoms with Crippen LogP contribution in [0.25, 0.3) is 0 Å². The van der Waals surface area contributed by atoms with Crippen molar-refractivity contribution in [2.45, 2.75) is 38.0 Å². The number of fused-ring (bicyclic) bond motifs is 1. The van der Waals surface area contributed by atoms with Crippen LogP contribution in [-0.4, -0.2) is 17.0 Å². The summed E-state index contributed by atoms with van der Waals surface area (Å²) in [5, 5.41) is 8.46. The molecule has 0 radical (unpaired) electrons. The van der Waals surface area contributed by atoms with E-state index in [-0.39, 0.29) is 0 Å². The predicted octanol–water partition coefficient (Wildman–Crippen LogP) is 2.83. The van der Waals surface area contributed by atoms with Crippen LogP contribution in [0.15, 0.2) is 18.2 Å². The highest BCUT2D eigenvalue weighted by molar-refractivity contribution is 5.75. The van der Waals surface area contributed by atoms with E-state index in [4.69, 9.17) is 5.11 Å². The Labute approximate surface area is 98.3 Å². The zero-order chi connectivity index (χ0) is 12.5. The summed E-state index contributed by atoms with van der Waals surface area (Å²) in [6, 6.07) is 5.29. The second-order valence-corrected chi connectivity index (χ2v) is 4.45. The average molecular weight is 240 g/mol. The Morgan fingerprint density at radius 2 is 2.00 bits per heavy atom. The second-order valence-electron chi connectivity index (χ2n) is 4.45. The molecule has 0 aromatic heterocycles. The van der Waals surface area contributed by atoms with Gasteiger partial charge in [-0.2, -0.15) is 8.78 Å². The van der Waals surface area contributed by atoms with E-state index in [1.165, 1.54) is 0 Å². The minimum atomic E-state index is -3.67. The summed E-state index contributed by atoms with van der Waals surface area (Å²) in [6.07, 6.45) is 3.04. The molecule has 0 bridgehead atoms. The predicted molar refractivity (Wildman–Crippen MR) is 59.4 cm³/mol. The van der Waals surface area contributed by atoms with Crippen LogP contribution in [0, 0.1) is 0 Å². The number of rotatable bonds is 3. The van der Waals surface area contributed by atoms with Crippen molar-refractivity contribution in [2.24, 2.45) is 0 Å². The van der Waals surface area contributed by atoms with E-state index in [0.29, 0.717) is 5.56 Å². The molecular weight excluding hydrogens is 226 g/mol. The van der Waals surface area contributed by atoms with Crippen LogP contribution in [0.2, 0.25) is 0 Å². The Morgan fingerprint density at radius 3 is 2.71 bits per heavy atom. The maximum Gasteiger partial charge on any atom is 0.374 e. The molecule has 0 fully saturated rings. The Morgan fingerprint density at radius 1 is 1.29 bits per heavy atom. The smallest absolute Gasteiger partial charge is 0.374 e. The lowest BCUT2D eigenvalue weighted by atomic mass is 9.86. The molecule has 0 aliphatic heterocycles. The molecule has 0 unspecified atom stereocenters. The first-order valence-corrected chi connectivity index (χ1v) is 5.71. The van der Waals surface area contributed by atoms with Crippen LogP contribution in [-0.2, 0) is 24.1 Å². The number of carbonyl (C=O) groups is 1. The lowest BCUT2D eigenvalue weighted by Crippen LogP contribution is -2.31. The molecule has 1 N–H and O–H groups in total. The first-order chi connectivity index (χ1) is 8.00. The summed E-state index contributed by atoms with van der Waals surface area (Å²) in [4.78, 5) is 10.4. The van der Waals surface area contributed by atoms with Crippen molar-refractivity contribution < 1.29 is 18.7 Å². The molecule has 92 valence electrons. The van der Waals surface area contributed by atoms with Gasteiger partial charge in [-0.1, -0.05) is 18.2 Å². The number of aryl methyl sites for hydroxylation is 1. The van der Waals surface area contributed by atoms with Gasteiger partial charge in [0.05, 0.1) is 0 Å². The summed E-state index contributed by atoms with van der Waals surface area (Å²) in [7, 11) is 0. The zero-order valence-corrected chi connectivity index (χ0v) is 9.38. The van der Waals surface area contributed by atoms with Gasteiger partial charge in [0.1, 0.15) is 0 Å². The first-order valence-electron chi connectivity index (χ1n) is 5.71. The molecule has 2 nitrogen and oxygen atoms in total. The van der Waals surface area contributed by atoms with Crippen LogP contribution >= 0.6 is 0 Å². The summed E-state index contributed by atoms with van der Waals surface area (Å²) < 4.78 is 26.4. The van der Waals surface area contributed by atoms with Gasteiger partial charge in [0.15, 0.2) is 0 Å². The fraction of sp³-hybridized carbons (Fsp3) is 0.462. The zero-order valence-electron chi connectivity index (χ0n) is 9.38. The van der Waals surface area contributed by atoms with E-state index in [1.54, 1.807) is 12.1 Å². The van der Waals surface area contributed by atoms with E-state index < -0.39 is 18.3 Å². The summed E-state index contributed by atoms with van der Waals surface area (Å²) in [6.45, 7) is 0. The number of hydrogen-bond donors (Lipinski definition) is 1. The highest BCUT2D eigenvalue weighted by atomic mass is 19.3. The van der Waals surface area contributed by atoms with Crippen molar-refractivity contribution in [1.82, 2.24) is 0 Å². The fourth-order valence-electron chi connectivity index (χ4n) is 2.34. The third kappa shape index (κ3) is 2.46. The van der Waals surface area contributed by atoms with Crippen molar-refractivity contribution in [1.29, 1.82) is 0 Å². The topological polar surface area (TPSA) is 37.3 Å². The Kier molecular flexibility index (Phi) is 3.13. The maximum atomic E-state index is 13.2. The molecule has 0 heterocycles. The van der Waals surface area contributed by atoms with Crippen molar-refractivity contribution in [3.05, 3.63) is 34.9 Å². The Bertz CT molecular complexity index is 441. The molecule has 1 aliphatic carbocycles. The monoisotopic (exact) mass is 240 g/mol. The van der Waals surface area contributed by atoms with Crippen LogP contribution in [0.3, 0.4) is 0 Å². The molecule has 1 aromatic rings. The largest absolute Gasteiger partial charge is 0.477 e. The molecule has 4 heteroatoms. The van der Waals surface area contributed by atoms with E-state index >= 15 is 0 Å². The minimum absolute atomic E-state index is 0.481. The van der Waals surface area contributed by atoms with Crippen LogP contribution < -0.4 is 0 Å². The number of benzene rings is 1. The van der Waals surface area contributed by atoms with Crippen molar-refractivity contribution >= 4 is 5.97 Å². The number of carboxylic acids is 1. The summed E-state index contributed by atoms with van der Waals surface area (Å²) in [5.74, 6) is -5.72. The van der Waals surface area contributed by atoms with Gasteiger partial charge in [-0.3, -0.25) is 0 Å². The molecule has 0 amide bonds.